The third-order valence-electron chi connectivity index (χ3n) is 3.14. The number of allylic oxidation sites excluding steroid dienone is 1. The molecule has 0 bridgehead atoms. The Kier molecular flexibility index (Phi) is 3.50. The van der Waals surface area contributed by atoms with E-state index in [0.717, 1.165) is 34.6 Å². The predicted molar refractivity (Wildman–Crippen MR) is 80.8 cm³/mol. The number of ether oxygens (including phenoxy) is 1. The van der Waals surface area contributed by atoms with Gasteiger partial charge in [-0.1, -0.05) is 36.4 Å². The smallest absolute Gasteiger partial charge is 0.146 e. The summed E-state index contributed by atoms with van der Waals surface area (Å²) in [6, 6.07) is 16.0. The molecular weight excluding hydrogens is 248 g/mol. The van der Waals surface area contributed by atoms with E-state index in [4.69, 9.17) is 4.74 Å². The summed E-state index contributed by atoms with van der Waals surface area (Å²) in [5.41, 5.74) is 3.13. The first-order chi connectivity index (χ1) is 9.86. The SMILES string of the molecule is C=CCc1ccccc1OCc1nc2ccccc2[nH]1. The van der Waals surface area contributed by atoms with Crippen molar-refractivity contribution in [3.63, 3.8) is 0 Å². The minimum absolute atomic E-state index is 0.433. The second-order valence-corrected chi connectivity index (χ2v) is 4.59. The largest absolute Gasteiger partial charge is 0.485 e. The summed E-state index contributed by atoms with van der Waals surface area (Å²) >= 11 is 0. The maximum Gasteiger partial charge on any atom is 0.146 e. The summed E-state index contributed by atoms with van der Waals surface area (Å²) in [6.07, 6.45) is 2.68. The van der Waals surface area contributed by atoms with E-state index in [-0.39, 0.29) is 0 Å². The van der Waals surface area contributed by atoms with Crippen molar-refractivity contribution in [1.82, 2.24) is 9.97 Å². The van der Waals surface area contributed by atoms with Crippen LogP contribution < -0.4 is 4.74 Å². The maximum atomic E-state index is 5.86. The summed E-state index contributed by atoms with van der Waals surface area (Å²) in [5.74, 6) is 1.72. The molecule has 0 spiro atoms. The first kappa shape index (κ1) is 12.5. The fraction of sp³-hybridized carbons (Fsp3) is 0.118. The van der Waals surface area contributed by atoms with Gasteiger partial charge in [-0.15, -0.1) is 6.58 Å². The third kappa shape index (κ3) is 2.57. The molecule has 0 amide bonds. The number of nitrogens with zero attached hydrogens (tertiary/aromatic N) is 1. The molecule has 1 aromatic heterocycles. The standard InChI is InChI=1S/C17H16N2O/c1-2-7-13-8-3-6-11-16(13)20-12-17-18-14-9-4-5-10-15(14)19-17/h2-6,8-11H,1,7,12H2,(H,18,19). The zero-order valence-corrected chi connectivity index (χ0v) is 11.2. The van der Waals surface area contributed by atoms with Gasteiger partial charge in [-0.3, -0.25) is 0 Å². The van der Waals surface area contributed by atoms with Crippen molar-refractivity contribution >= 4 is 11.0 Å². The average molecular weight is 264 g/mol. The molecular formula is C17H16N2O. The van der Waals surface area contributed by atoms with E-state index in [9.17, 15) is 0 Å². The molecule has 0 radical (unpaired) electrons. The van der Waals surface area contributed by atoms with E-state index in [1.165, 1.54) is 0 Å². The van der Waals surface area contributed by atoms with Crippen LogP contribution in [0.25, 0.3) is 11.0 Å². The van der Waals surface area contributed by atoms with Gasteiger partial charge in [-0.05, 0) is 30.2 Å². The van der Waals surface area contributed by atoms with Crippen LogP contribution in [-0.4, -0.2) is 9.97 Å². The molecule has 1 heterocycles. The lowest BCUT2D eigenvalue weighted by Gasteiger charge is -2.08. The number of rotatable bonds is 5. The van der Waals surface area contributed by atoms with Gasteiger partial charge < -0.3 is 9.72 Å². The summed E-state index contributed by atoms with van der Waals surface area (Å²) in [4.78, 5) is 7.76. The molecule has 0 saturated heterocycles. The molecule has 3 rings (SSSR count). The zero-order valence-electron chi connectivity index (χ0n) is 11.2. The molecule has 0 saturated carbocycles. The van der Waals surface area contributed by atoms with Crippen LogP contribution in [0.4, 0.5) is 0 Å². The van der Waals surface area contributed by atoms with Crippen molar-refractivity contribution < 1.29 is 4.74 Å². The Hall–Kier alpha value is -2.55. The van der Waals surface area contributed by atoms with E-state index in [1.807, 2.05) is 48.5 Å². The first-order valence-electron chi connectivity index (χ1n) is 6.62. The molecule has 100 valence electrons. The highest BCUT2D eigenvalue weighted by atomic mass is 16.5. The highest BCUT2D eigenvalue weighted by Crippen LogP contribution is 2.20. The van der Waals surface area contributed by atoms with Gasteiger partial charge in [0.1, 0.15) is 18.2 Å². The van der Waals surface area contributed by atoms with Crippen LogP contribution in [0, 0.1) is 0 Å². The molecule has 1 N–H and O–H groups in total. The Balaban J connectivity index is 1.77. The lowest BCUT2D eigenvalue weighted by Crippen LogP contribution is -1.99. The fourth-order valence-electron chi connectivity index (χ4n) is 2.19. The van der Waals surface area contributed by atoms with Crippen LogP contribution in [0.15, 0.2) is 61.2 Å². The van der Waals surface area contributed by atoms with E-state index in [1.54, 1.807) is 0 Å². The number of nitrogens with one attached hydrogen (secondary N) is 1. The van der Waals surface area contributed by atoms with Gasteiger partial charge in [0.25, 0.3) is 0 Å². The van der Waals surface area contributed by atoms with E-state index < -0.39 is 0 Å². The predicted octanol–water partition coefficient (Wildman–Crippen LogP) is 3.87. The van der Waals surface area contributed by atoms with Crippen LogP contribution in [0.3, 0.4) is 0 Å². The third-order valence-corrected chi connectivity index (χ3v) is 3.14. The molecule has 3 heteroatoms. The quantitative estimate of drug-likeness (QED) is 0.710. The summed E-state index contributed by atoms with van der Waals surface area (Å²) in [7, 11) is 0. The summed E-state index contributed by atoms with van der Waals surface area (Å²) in [5, 5.41) is 0. The number of hydrogen-bond donors (Lipinski definition) is 1. The Labute approximate surface area is 117 Å². The van der Waals surface area contributed by atoms with E-state index >= 15 is 0 Å². The van der Waals surface area contributed by atoms with Crippen molar-refractivity contribution in [1.29, 1.82) is 0 Å². The number of fused-ring (bicyclic) bond motifs is 1. The molecule has 0 aliphatic carbocycles. The lowest BCUT2D eigenvalue weighted by molar-refractivity contribution is 0.295. The topological polar surface area (TPSA) is 37.9 Å². The summed E-state index contributed by atoms with van der Waals surface area (Å²) in [6.45, 7) is 4.20. The van der Waals surface area contributed by atoms with Crippen molar-refractivity contribution in [3.05, 3.63) is 72.6 Å². The number of benzene rings is 2. The number of para-hydroxylation sites is 3. The molecule has 3 nitrogen and oxygen atoms in total. The highest BCUT2D eigenvalue weighted by Gasteiger charge is 2.05. The second kappa shape index (κ2) is 5.61. The van der Waals surface area contributed by atoms with Gasteiger partial charge in [0.15, 0.2) is 0 Å². The van der Waals surface area contributed by atoms with Crippen LogP contribution in [-0.2, 0) is 13.0 Å². The van der Waals surface area contributed by atoms with Crippen LogP contribution in [0.2, 0.25) is 0 Å². The molecule has 2 aromatic carbocycles. The van der Waals surface area contributed by atoms with Gasteiger partial charge in [0.05, 0.1) is 11.0 Å². The monoisotopic (exact) mass is 264 g/mol. The van der Waals surface area contributed by atoms with Crippen molar-refractivity contribution in [2.24, 2.45) is 0 Å². The Bertz CT molecular complexity index is 697. The van der Waals surface area contributed by atoms with Crippen LogP contribution >= 0.6 is 0 Å². The summed E-state index contributed by atoms with van der Waals surface area (Å²) < 4.78 is 5.86. The number of aromatic nitrogens is 2. The zero-order chi connectivity index (χ0) is 13.8. The second-order valence-electron chi connectivity index (χ2n) is 4.59. The van der Waals surface area contributed by atoms with E-state index in [2.05, 4.69) is 22.6 Å². The average Bonchev–Trinajstić information content (AvgIpc) is 2.89. The molecule has 0 atom stereocenters. The number of hydrogen-bond acceptors (Lipinski definition) is 2. The minimum Gasteiger partial charge on any atom is -0.485 e. The Morgan fingerprint density at radius 1 is 1.10 bits per heavy atom. The van der Waals surface area contributed by atoms with Crippen LogP contribution in [0.1, 0.15) is 11.4 Å². The molecule has 20 heavy (non-hydrogen) atoms. The first-order valence-corrected chi connectivity index (χ1v) is 6.62. The Morgan fingerprint density at radius 3 is 2.75 bits per heavy atom. The van der Waals surface area contributed by atoms with Gasteiger partial charge in [0, 0.05) is 0 Å². The molecule has 3 aromatic rings. The van der Waals surface area contributed by atoms with E-state index in [0.29, 0.717) is 6.61 Å². The van der Waals surface area contributed by atoms with Crippen molar-refractivity contribution in [2.45, 2.75) is 13.0 Å². The van der Waals surface area contributed by atoms with Crippen LogP contribution in [0.5, 0.6) is 5.75 Å². The fourth-order valence-corrected chi connectivity index (χ4v) is 2.19. The molecule has 0 aliphatic heterocycles. The normalized spacial score (nSPS) is 10.6. The van der Waals surface area contributed by atoms with Gasteiger partial charge in [-0.25, -0.2) is 4.98 Å². The minimum atomic E-state index is 0.433. The Morgan fingerprint density at radius 2 is 1.90 bits per heavy atom. The number of imidazole rings is 1. The maximum absolute atomic E-state index is 5.86. The highest BCUT2D eigenvalue weighted by molar-refractivity contribution is 5.74. The number of aromatic amines is 1. The molecule has 0 aliphatic rings. The lowest BCUT2D eigenvalue weighted by atomic mass is 10.1. The van der Waals surface area contributed by atoms with Crippen molar-refractivity contribution in [3.8, 4) is 5.75 Å². The molecule has 0 fully saturated rings. The van der Waals surface area contributed by atoms with Gasteiger partial charge in [-0.2, -0.15) is 0 Å². The molecule has 0 unspecified atom stereocenters. The van der Waals surface area contributed by atoms with Crippen molar-refractivity contribution in [2.75, 3.05) is 0 Å². The number of H-pyrrole nitrogens is 1. The van der Waals surface area contributed by atoms with Gasteiger partial charge in [0.2, 0.25) is 0 Å². The van der Waals surface area contributed by atoms with Gasteiger partial charge >= 0.3 is 0 Å².